The van der Waals surface area contributed by atoms with Gasteiger partial charge in [0.05, 0.1) is 31.0 Å². The van der Waals surface area contributed by atoms with Crippen LogP contribution in [-0.4, -0.2) is 37.8 Å². The molecular formula is C23H30N2O4. The number of pyridine rings is 1. The summed E-state index contributed by atoms with van der Waals surface area (Å²) in [6, 6.07) is 9.64. The first kappa shape index (κ1) is 21.1. The number of rotatable bonds is 8. The maximum absolute atomic E-state index is 13.4. The van der Waals surface area contributed by atoms with Gasteiger partial charge in [0.15, 0.2) is 0 Å². The van der Waals surface area contributed by atoms with Gasteiger partial charge in [0.1, 0.15) is 5.75 Å². The van der Waals surface area contributed by atoms with Crippen LogP contribution in [0.25, 0.3) is 0 Å². The molecule has 0 saturated carbocycles. The van der Waals surface area contributed by atoms with E-state index in [1.165, 1.54) is 0 Å². The van der Waals surface area contributed by atoms with Crippen molar-refractivity contribution in [1.29, 1.82) is 0 Å². The van der Waals surface area contributed by atoms with Crippen molar-refractivity contribution in [3.8, 4) is 11.6 Å². The van der Waals surface area contributed by atoms with Crippen LogP contribution in [0.4, 0.5) is 5.69 Å². The number of amides is 1. The molecule has 0 radical (unpaired) electrons. The summed E-state index contributed by atoms with van der Waals surface area (Å²) in [6.07, 6.45) is 5.00. The van der Waals surface area contributed by atoms with Crippen molar-refractivity contribution in [2.24, 2.45) is 0 Å². The molecule has 0 atom stereocenters. The second-order valence-electron chi connectivity index (χ2n) is 7.43. The zero-order valence-electron chi connectivity index (χ0n) is 17.5. The standard InChI is InChI=1S/C23H30N2O4/c1-4-5-12-29-21-17(2)15-19(16-24-21)25-22(26)23(10-13-28-14-11-23)18-6-8-20(27-3)9-7-18/h6-9,15-16H,4-5,10-14H2,1-3H3,(H,25,26). The molecule has 3 rings (SSSR count). The number of benzene rings is 1. The van der Waals surface area contributed by atoms with Crippen molar-refractivity contribution >= 4 is 11.6 Å². The summed E-state index contributed by atoms with van der Waals surface area (Å²) in [5.41, 5.74) is 1.93. The molecule has 156 valence electrons. The topological polar surface area (TPSA) is 69.7 Å². The largest absolute Gasteiger partial charge is 0.497 e. The summed E-state index contributed by atoms with van der Waals surface area (Å²) in [7, 11) is 1.64. The average Bonchev–Trinajstić information content (AvgIpc) is 2.76. The van der Waals surface area contributed by atoms with Crippen LogP contribution in [0.3, 0.4) is 0 Å². The van der Waals surface area contributed by atoms with Crippen LogP contribution >= 0.6 is 0 Å². The van der Waals surface area contributed by atoms with E-state index in [0.29, 0.717) is 44.2 Å². The average molecular weight is 399 g/mol. The van der Waals surface area contributed by atoms with Crippen LogP contribution in [-0.2, 0) is 14.9 Å². The zero-order chi connectivity index (χ0) is 20.7. The summed E-state index contributed by atoms with van der Waals surface area (Å²) < 4.78 is 16.5. The Hall–Kier alpha value is -2.60. The van der Waals surface area contributed by atoms with Gasteiger partial charge in [0.25, 0.3) is 0 Å². The van der Waals surface area contributed by atoms with Gasteiger partial charge in [0.2, 0.25) is 11.8 Å². The number of unbranched alkanes of at least 4 members (excludes halogenated alkanes) is 1. The van der Waals surface area contributed by atoms with Crippen molar-refractivity contribution in [2.45, 2.75) is 44.9 Å². The summed E-state index contributed by atoms with van der Waals surface area (Å²) in [6.45, 7) is 5.83. The molecule has 1 aliphatic rings. The van der Waals surface area contributed by atoms with Gasteiger partial charge in [-0.3, -0.25) is 4.79 Å². The predicted molar refractivity (Wildman–Crippen MR) is 113 cm³/mol. The number of carbonyl (C=O) groups is 1. The lowest BCUT2D eigenvalue weighted by molar-refractivity contribution is -0.125. The lowest BCUT2D eigenvalue weighted by Crippen LogP contribution is -2.44. The van der Waals surface area contributed by atoms with Gasteiger partial charge in [0, 0.05) is 18.8 Å². The van der Waals surface area contributed by atoms with E-state index in [2.05, 4.69) is 17.2 Å². The maximum atomic E-state index is 13.4. The van der Waals surface area contributed by atoms with E-state index in [1.807, 2.05) is 37.3 Å². The van der Waals surface area contributed by atoms with Gasteiger partial charge in [-0.15, -0.1) is 0 Å². The van der Waals surface area contributed by atoms with Crippen molar-refractivity contribution in [2.75, 3.05) is 32.2 Å². The van der Waals surface area contributed by atoms with Crippen LogP contribution < -0.4 is 14.8 Å². The highest BCUT2D eigenvalue weighted by Gasteiger charge is 2.41. The van der Waals surface area contributed by atoms with Crippen molar-refractivity contribution in [1.82, 2.24) is 4.98 Å². The lowest BCUT2D eigenvalue weighted by atomic mass is 9.73. The fraction of sp³-hybridized carbons (Fsp3) is 0.478. The molecule has 0 bridgehead atoms. The predicted octanol–water partition coefficient (Wildman–Crippen LogP) is 4.26. The molecule has 1 aromatic carbocycles. The Morgan fingerprint density at radius 1 is 1.24 bits per heavy atom. The summed E-state index contributed by atoms with van der Waals surface area (Å²) >= 11 is 0. The number of hydrogen-bond donors (Lipinski definition) is 1. The van der Waals surface area contributed by atoms with Gasteiger partial charge >= 0.3 is 0 Å². The number of methoxy groups -OCH3 is 1. The first-order valence-electron chi connectivity index (χ1n) is 10.2. The SMILES string of the molecule is CCCCOc1ncc(NC(=O)C2(c3ccc(OC)cc3)CCOCC2)cc1C. The summed E-state index contributed by atoms with van der Waals surface area (Å²) in [4.78, 5) is 17.8. The van der Waals surface area contributed by atoms with Gasteiger partial charge in [-0.25, -0.2) is 4.98 Å². The summed E-state index contributed by atoms with van der Waals surface area (Å²) in [5, 5.41) is 3.07. The number of hydrogen-bond acceptors (Lipinski definition) is 5. The maximum Gasteiger partial charge on any atom is 0.235 e. The minimum absolute atomic E-state index is 0.0354. The number of carbonyl (C=O) groups excluding carboxylic acids is 1. The molecule has 0 unspecified atom stereocenters. The minimum Gasteiger partial charge on any atom is -0.497 e. The third-order valence-corrected chi connectivity index (χ3v) is 5.45. The number of anilines is 1. The summed E-state index contributed by atoms with van der Waals surface area (Å²) in [5.74, 6) is 1.36. The Labute approximate surface area is 172 Å². The fourth-order valence-electron chi connectivity index (χ4n) is 3.62. The highest BCUT2D eigenvalue weighted by atomic mass is 16.5. The van der Waals surface area contributed by atoms with Gasteiger partial charge in [-0.2, -0.15) is 0 Å². The molecule has 1 aromatic heterocycles. The molecule has 29 heavy (non-hydrogen) atoms. The van der Waals surface area contributed by atoms with Crippen LogP contribution in [0.2, 0.25) is 0 Å². The molecule has 6 heteroatoms. The van der Waals surface area contributed by atoms with Crippen molar-refractivity contribution < 1.29 is 19.0 Å². The minimum atomic E-state index is -0.630. The molecule has 1 amide bonds. The number of ether oxygens (including phenoxy) is 3. The molecule has 2 heterocycles. The molecule has 1 fully saturated rings. The van der Waals surface area contributed by atoms with E-state index in [4.69, 9.17) is 14.2 Å². The highest BCUT2D eigenvalue weighted by Crippen LogP contribution is 2.37. The number of aromatic nitrogens is 1. The Morgan fingerprint density at radius 2 is 1.97 bits per heavy atom. The molecule has 0 aliphatic carbocycles. The van der Waals surface area contributed by atoms with Gasteiger partial charge < -0.3 is 19.5 Å². The van der Waals surface area contributed by atoms with Crippen LogP contribution in [0, 0.1) is 6.92 Å². The Balaban J connectivity index is 1.79. The third kappa shape index (κ3) is 4.88. The highest BCUT2D eigenvalue weighted by molar-refractivity contribution is 5.99. The van der Waals surface area contributed by atoms with E-state index >= 15 is 0 Å². The molecule has 2 aromatic rings. The van der Waals surface area contributed by atoms with E-state index in [9.17, 15) is 4.79 Å². The molecule has 1 aliphatic heterocycles. The van der Waals surface area contributed by atoms with E-state index in [-0.39, 0.29) is 5.91 Å². The Morgan fingerprint density at radius 3 is 2.59 bits per heavy atom. The number of aryl methyl sites for hydroxylation is 1. The quantitative estimate of drug-likeness (QED) is 0.673. The molecular weight excluding hydrogens is 368 g/mol. The number of nitrogens with one attached hydrogen (secondary N) is 1. The molecule has 6 nitrogen and oxygen atoms in total. The normalized spacial score (nSPS) is 15.6. The third-order valence-electron chi connectivity index (χ3n) is 5.45. The van der Waals surface area contributed by atoms with Crippen LogP contribution in [0.15, 0.2) is 36.5 Å². The second-order valence-corrected chi connectivity index (χ2v) is 7.43. The van der Waals surface area contributed by atoms with E-state index in [1.54, 1.807) is 13.3 Å². The monoisotopic (exact) mass is 398 g/mol. The molecule has 1 N–H and O–H groups in total. The molecule has 1 saturated heterocycles. The molecule has 0 spiro atoms. The van der Waals surface area contributed by atoms with Gasteiger partial charge in [-0.05, 0) is 49.9 Å². The van der Waals surface area contributed by atoms with E-state index in [0.717, 1.165) is 29.7 Å². The van der Waals surface area contributed by atoms with Gasteiger partial charge in [-0.1, -0.05) is 25.5 Å². The van der Waals surface area contributed by atoms with Crippen LogP contribution in [0.1, 0.15) is 43.7 Å². The smallest absolute Gasteiger partial charge is 0.235 e. The van der Waals surface area contributed by atoms with Crippen LogP contribution in [0.5, 0.6) is 11.6 Å². The Bertz CT molecular complexity index is 814. The second kappa shape index (κ2) is 9.74. The van der Waals surface area contributed by atoms with Crippen molar-refractivity contribution in [3.63, 3.8) is 0 Å². The number of nitrogens with zero attached hydrogens (tertiary/aromatic N) is 1. The lowest BCUT2D eigenvalue weighted by Gasteiger charge is -2.36. The van der Waals surface area contributed by atoms with E-state index < -0.39 is 5.41 Å². The zero-order valence-corrected chi connectivity index (χ0v) is 17.5. The van der Waals surface area contributed by atoms with Crippen molar-refractivity contribution in [3.05, 3.63) is 47.7 Å². The Kier molecular flexibility index (Phi) is 7.09. The first-order valence-corrected chi connectivity index (χ1v) is 10.2. The first-order chi connectivity index (χ1) is 14.1. The fourth-order valence-corrected chi connectivity index (χ4v) is 3.62.